The molecule has 0 unspecified atom stereocenters. The van der Waals surface area contributed by atoms with E-state index in [1.807, 2.05) is 12.2 Å². The summed E-state index contributed by atoms with van der Waals surface area (Å²) >= 11 is 0. The smallest absolute Gasteiger partial charge is 0.302 e. The van der Waals surface area contributed by atoms with Crippen LogP contribution in [0.15, 0.2) is 12.2 Å². The second-order valence-corrected chi connectivity index (χ2v) is 5.51. The van der Waals surface area contributed by atoms with Crippen LogP contribution in [0, 0.1) is 17.8 Å². The minimum Gasteiger partial charge on any atom is -0.466 e. The third kappa shape index (κ3) is 3.62. The van der Waals surface area contributed by atoms with Gasteiger partial charge in [-0.25, -0.2) is 0 Å². The monoisotopic (exact) mass is 296 g/mol. The molecule has 2 aliphatic rings. The fraction of sp³-hybridized carbons (Fsp3) is 0.667. The molecule has 5 atom stereocenters. The minimum absolute atomic E-state index is 0.0121. The van der Waals surface area contributed by atoms with Crippen LogP contribution in [0.5, 0.6) is 0 Å². The molecule has 0 heterocycles. The van der Waals surface area contributed by atoms with Crippen LogP contribution in [-0.4, -0.2) is 37.2 Å². The molecule has 2 rings (SSSR count). The van der Waals surface area contributed by atoms with Crippen molar-refractivity contribution in [2.24, 2.45) is 17.8 Å². The normalized spacial score (nSPS) is 33.9. The molecule has 2 aliphatic carbocycles. The van der Waals surface area contributed by atoms with Gasteiger partial charge in [-0.15, -0.1) is 0 Å². The zero-order chi connectivity index (χ0) is 15.4. The highest BCUT2D eigenvalue weighted by Gasteiger charge is 2.47. The molecule has 0 aromatic rings. The lowest BCUT2D eigenvalue weighted by molar-refractivity contribution is -0.167. The van der Waals surface area contributed by atoms with E-state index in [1.165, 1.54) is 13.8 Å². The van der Waals surface area contributed by atoms with E-state index in [2.05, 4.69) is 0 Å². The predicted octanol–water partition coefficient (Wildman–Crippen LogP) is 1.23. The van der Waals surface area contributed by atoms with Gasteiger partial charge in [0.25, 0.3) is 6.47 Å². The Hall–Kier alpha value is -1.85. The molecule has 0 aliphatic heterocycles. The first kappa shape index (κ1) is 15.5. The topological polar surface area (TPSA) is 78.9 Å². The van der Waals surface area contributed by atoms with E-state index in [9.17, 15) is 14.4 Å². The highest BCUT2D eigenvalue weighted by molar-refractivity contribution is 5.66. The van der Waals surface area contributed by atoms with E-state index >= 15 is 0 Å². The molecule has 0 amide bonds. The second kappa shape index (κ2) is 6.74. The largest absolute Gasteiger partial charge is 0.466 e. The van der Waals surface area contributed by atoms with Crippen LogP contribution in [0.1, 0.15) is 26.7 Å². The first-order valence-electron chi connectivity index (χ1n) is 7.11. The summed E-state index contributed by atoms with van der Waals surface area (Å²) in [6.45, 7) is 3.36. The molecule has 21 heavy (non-hydrogen) atoms. The maximum Gasteiger partial charge on any atom is 0.302 e. The Labute approximate surface area is 123 Å². The minimum atomic E-state index is -0.455. The highest BCUT2D eigenvalue weighted by Crippen LogP contribution is 2.43. The van der Waals surface area contributed by atoms with Crippen molar-refractivity contribution in [3.63, 3.8) is 0 Å². The lowest BCUT2D eigenvalue weighted by Crippen LogP contribution is -2.50. The van der Waals surface area contributed by atoms with Crippen molar-refractivity contribution in [1.82, 2.24) is 0 Å². The van der Waals surface area contributed by atoms with E-state index in [1.54, 1.807) is 0 Å². The van der Waals surface area contributed by atoms with Crippen LogP contribution in [0.2, 0.25) is 0 Å². The van der Waals surface area contributed by atoms with Gasteiger partial charge in [-0.2, -0.15) is 0 Å². The van der Waals surface area contributed by atoms with Gasteiger partial charge in [0.2, 0.25) is 0 Å². The summed E-state index contributed by atoms with van der Waals surface area (Å²) in [6, 6.07) is 0. The van der Waals surface area contributed by atoms with Gasteiger partial charge in [-0.05, 0) is 24.8 Å². The molecule has 0 saturated heterocycles. The van der Waals surface area contributed by atoms with Gasteiger partial charge in [0.1, 0.15) is 12.2 Å². The van der Waals surface area contributed by atoms with Crippen molar-refractivity contribution >= 4 is 18.4 Å². The summed E-state index contributed by atoms with van der Waals surface area (Å²) < 4.78 is 15.6. The van der Waals surface area contributed by atoms with E-state index < -0.39 is 6.10 Å². The van der Waals surface area contributed by atoms with Crippen LogP contribution in [0.4, 0.5) is 0 Å². The molecule has 0 N–H and O–H groups in total. The van der Waals surface area contributed by atoms with Gasteiger partial charge in [0.05, 0.1) is 6.61 Å². The molecule has 6 heteroatoms. The third-order valence-corrected chi connectivity index (χ3v) is 4.19. The molecular weight excluding hydrogens is 276 g/mol. The average molecular weight is 296 g/mol. The number of fused-ring (bicyclic) bond motifs is 2. The number of hydrogen-bond donors (Lipinski definition) is 0. The molecule has 2 bridgehead atoms. The van der Waals surface area contributed by atoms with Gasteiger partial charge in [0, 0.05) is 25.7 Å². The van der Waals surface area contributed by atoms with E-state index in [0.717, 1.165) is 6.42 Å². The van der Waals surface area contributed by atoms with E-state index in [-0.39, 0.29) is 42.4 Å². The summed E-state index contributed by atoms with van der Waals surface area (Å²) in [5.74, 6) is -0.652. The van der Waals surface area contributed by atoms with E-state index in [4.69, 9.17) is 14.2 Å². The number of allylic oxidation sites excluding steroid dienone is 1. The maximum absolute atomic E-state index is 11.3. The van der Waals surface area contributed by atoms with Gasteiger partial charge in [-0.3, -0.25) is 14.4 Å². The van der Waals surface area contributed by atoms with Crippen LogP contribution >= 0.6 is 0 Å². The van der Waals surface area contributed by atoms with Crippen molar-refractivity contribution in [2.45, 2.75) is 38.9 Å². The Morgan fingerprint density at radius 3 is 2.57 bits per heavy atom. The SMILES string of the molecule is CC(=O)OC[C@H]1[C@H]2[C@H](OC=O)C=C[C@@H]1CC[C@H]2OC(C)=O. The van der Waals surface area contributed by atoms with Crippen LogP contribution in [-0.2, 0) is 28.6 Å². The van der Waals surface area contributed by atoms with Gasteiger partial charge in [0.15, 0.2) is 0 Å². The first-order chi connectivity index (χ1) is 10.0. The van der Waals surface area contributed by atoms with Gasteiger partial charge in [-0.1, -0.05) is 6.08 Å². The molecule has 0 aromatic heterocycles. The molecule has 1 saturated carbocycles. The summed E-state index contributed by atoms with van der Waals surface area (Å²) in [7, 11) is 0. The summed E-state index contributed by atoms with van der Waals surface area (Å²) in [5, 5.41) is 0. The van der Waals surface area contributed by atoms with Crippen LogP contribution in [0.25, 0.3) is 0 Å². The van der Waals surface area contributed by atoms with Crippen molar-refractivity contribution < 1.29 is 28.6 Å². The lowest BCUT2D eigenvalue weighted by atomic mass is 9.65. The predicted molar refractivity (Wildman–Crippen MR) is 72.0 cm³/mol. The first-order valence-corrected chi connectivity index (χ1v) is 7.11. The number of esters is 2. The van der Waals surface area contributed by atoms with Crippen molar-refractivity contribution in [3.05, 3.63) is 12.2 Å². The number of ether oxygens (including phenoxy) is 3. The summed E-state index contributed by atoms with van der Waals surface area (Å²) in [6.07, 6.45) is 4.63. The van der Waals surface area contributed by atoms with Gasteiger partial charge < -0.3 is 14.2 Å². The Morgan fingerprint density at radius 1 is 1.19 bits per heavy atom. The Balaban J connectivity index is 2.20. The molecule has 1 fully saturated rings. The highest BCUT2D eigenvalue weighted by atomic mass is 16.6. The number of carbonyl (C=O) groups excluding carboxylic acids is 3. The Kier molecular flexibility index (Phi) is 4.98. The zero-order valence-corrected chi connectivity index (χ0v) is 12.2. The van der Waals surface area contributed by atoms with Crippen molar-refractivity contribution in [2.75, 3.05) is 6.61 Å². The van der Waals surface area contributed by atoms with Crippen LogP contribution in [0.3, 0.4) is 0 Å². The second-order valence-electron chi connectivity index (χ2n) is 5.51. The lowest BCUT2D eigenvalue weighted by Gasteiger charge is -2.45. The molecule has 116 valence electrons. The average Bonchev–Trinajstić information content (AvgIpc) is 2.41. The fourth-order valence-corrected chi connectivity index (χ4v) is 3.40. The number of carbonyl (C=O) groups is 3. The molecular formula is C15H20O6. The molecule has 0 radical (unpaired) electrons. The quantitative estimate of drug-likeness (QED) is 0.329. The summed E-state index contributed by atoms with van der Waals surface area (Å²) in [5.41, 5.74) is 0. The molecule has 6 nitrogen and oxygen atoms in total. The Morgan fingerprint density at radius 2 is 1.95 bits per heavy atom. The maximum atomic E-state index is 11.3. The Bertz CT molecular complexity index is 443. The zero-order valence-electron chi connectivity index (χ0n) is 12.2. The van der Waals surface area contributed by atoms with E-state index in [0.29, 0.717) is 12.9 Å². The van der Waals surface area contributed by atoms with Gasteiger partial charge >= 0.3 is 11.9 Å². The fourth-order valence-electron chi connectivity index (χ4n) is 3.40. The van der Waals surface area contributed by atoms with Crippen LogP contribution < -0.4 is 0 Å². The number of rotatable bonds is 5. The summed E-state index contributed by atoms with van der Waals surface area (Å²) in [4.78, 5) is 33.0. The molecule has 0 aromatic carbocycles. The third-order valence-electron chi connectivity index (χ3n) is 4.19. The number of hydrogen-bond acceptors (Lipinski definition) is 6. The standard InChI is InChI=1S/C15H20O6/c1-9(17)19-7-12-11-3-5-13(20-8-16)15(12)14(6-4-11)21-10(2)18/h3,5,8,11-15H,4,6-7H2,1-2H3/t11-,12-,13-,14-,15+/m1/s1. The van der Waals surface area contributed by atoms with Crippen molar-refractivity contribution in [1.29, 1.82) is 0 Å². The molecule has 0 spiro atoms. The van der Waals surface area contributed by atoms with Crippen molar-refractivity contribution in [3.8, 4) is 0 Å².